The third-order valence-electron chi connectivity index (χ3n) is 2.77. The van der Waals surface area contributed by atoms with Crippen LogP contribution >= 0.6 is 0 Å². The van der Waals surface area contributed by atoms with Crippen molar-refractivity contribution in [2.45, 2.75) is 39.0 Å². The maximum Gasteiger partial charge on any atom is 0.161 e. The molecule has 0 aliphatic carbocycles. The normalized spacial score (nSPS) is 14.2. The zero-order valence-corrected chi connectivity index (χ0v) is 12.6. The molecule has 0 saturated heterocycles. The van der Waals surface area contributed by atoms with Gasteiger partial charge in [0.1, 0.15) is 0 Å². The predicted octanol–water partition coefficient (Wildman–Crippen LogP) is 1.32. The van der Waals surface area contributed by atoms with Crippen molar-refractivity contribution in [3.05, 3.63) is 23.8 Å². The van der Waals surface area contributed by atoms with E-state index in [-0.39, 0.29) is 12.7 Å². The predicted molar refractivity (Wildman–Crippen MR) is 78.2 cm³/mol. The Labute approximate surface area is 120 Å². The van der Waals surface area contributed by atoms with Gasteiger partial charge in [0.25, 0.3) is 0 Å². The van der Waals surface area contributed by atoms with Gasteiger partial charge in [0.15, 0.2) is 11.5 Å². The maximum absolute atomic E-state index is 9.69. The van der Waals surface area contributed by atoms with Crippen LogP contribution in [-0.4, -0.2) is 42.2 Å². The number of rotatable bonds is 8. The Bertz CT molecular complexity index is 418. The summed E-state index contributed by atoms with van der Waals surface area (Å²) in [7, 11) is 1.61. The molecule has 0 heterocycles. The average molecular weight is 283 g/mol. The van der Waals surface area contributed by atoms with Crippen molar-refractivity contribution in [3.63, 3.8) is 0 Å². The lowest BCUT2D eigenvalue weighted by Gasteiger charge is -2.21. The highest BCUT2D eigenvalue weighted by molar-refractivity contribution is 5.43. The summed E-state index contributed by atoms with van der Waals surface area (Å²) in [6.07, 6.45) is 0.0903. The van der Waals surface area contributed by atoms with E-state index in [4.69, 9.17) is 14.6 Å². The summed E-state index contributed by atoms with van der Waals surface area (Å²) in [6, 6.07) is 5.72. The Morgan fingerprint density at radius 2 is 2.00 bits per heavy atom. The third kappa shape index (κ3) is 5.36. The van der Waals surface area contributed by atoms with Crippen LogP contribution < -0.4 is 14.8 Å². The number of methoxy groups -OCH3 is 1. The molecule has 1 unspecified atom stereocenters. The quantitative estimate of drug-likeness (QED) is 0.671. The van der Waals surface area contributed by atoms with Crippen LogP contribution in [0.3, 0.4) is 0 Å². The Hall–Kier alpha value is -1.30. The molecule has 1 aromatic rings. The highest BCUT2D eigenvalue weighted by atomic mass is 16.5. The topological polar surface area (TPSA) is 71.0 Å². The van der Waals surface area contributed by atoms with Crippen molar-refractivity contribution in [2.75, 3.05) is 20.3 Å². The Morgan fingerprint density at radius 3 is 2.55 bits per heavy atom. The first-order valence-corrected chi connectivity index (χ1v) is 6.75. The summed E-state index contributed by atoms with van der Waals surface area (Å²) >= 11 is 0. The molecule has 1 rings (SSSR count). The SMILES string of the molecule is COc1cc(CNCC(C)(O)CO)ccc1OC(C)C. The standard InChI is InChI=1S/C15H25NO4/c1-11(2)20-13-6-5-12(7-14(13)19-4)8-16-9-15(3,18)10-17/h5-7,11,16-18H,8-10H2,1-4H3. The van der Waals surface area contributed by atoms with Gasteiger partial charge in [-0.2, -0.15) is 0 Å². The lowest BCUT2D eigenvalue weighted by atomic mass is 10.1. The van der Waals surface area contributed by atoms with Crippen LogP contribution in [0.5, 0.6) is 11.5 Å². The first-order chi connectivity index (χ1) is 9.38. The van der Waals surface area contributed by atoms with Crippen LogP contribution in [0.15, 0.2) is 18.2 Å². The number of ether oxygens (including phenoxy) is 2. The minimum atomic E-state index is -1.11. The molecule has 0 fully saturated rings. The monoisotopic (exact) mass is 283 g/mol. The molecule has 0 radical (unpaired) electrons. The molecule has 0 spiro atoms. The maximum atomic E-state index is 9.69. The van der Waals surface area contributed by atoms with Gasteiger partial charge < -0.3 is 25.0 Å². The van der Waals surface area contributed by atoms with E-state index >= 15 is 0 Å². The van der Waals surface area contributed by atoms with Crippen LogP contribution in [-0.2, 0) is 6.54 Å². The molecule has 0 saturated carbocycles. The molecular weight excluding hydrogens is 258 g/mol. The Balaban J connectivity index is 2.64. The van der Waals surface area contributed by atoms with Crippen molar-refractivity contribution >= 4 is 0 Å². The minimum absolute atomic E-state index is 0.0903. The lowest BCUT2D eigenvalue weighted by Crippen LogP contribution is -2.40. The fourth-order valence-electron chi connectivity index (χ4n) is 1.71. The van der Waals surface area contributed by atoms with E-state index in [0.717, 1.165) is 5.56 Å². The number of benzene rings is 1. The molecule has 0 amide bonds. The van der Waals surface area contributed by atoms with E-state index in [1.807, 2.05) is 32.0 Å². The summed E-state index contributed by atoms with van der Waals surface area (Å²) < 4.78 is 11.0. The van der Waals surface area contributed by atoms with Crippen molar-refractivity contribution in [2.24, 2.45) is 0 Å². The van der Waals surface area contributed by atoms with Gasteiger partial charge in [-0.25, -0.2) is 0 Å². The molecule has 0 bridgehead atoms. The first kappa shape index (κ1) is 16.8. The molecule has 0 aliphatic rings. The number of hydrogen-bond donors (Lipinski definition) is 3. The second kappa shape index (κ2) is 7.47. The van der Waals surface area contributed by atoms with Gasteiger partial charge in [-0.3, -0.25) is 0 Å². The van der Waals surface area contributed by atoms with Crippen LogP contribution in [0.4, 0.5) is 0 Å². The fourth-order valence-corrected chi connectivity index (χ4v) is 1.71. The van der Waals surface area contributed by atoms with Crippen LogP contribution in [0.1, 0.15) is 26.3 Å². The largest absolute Gasteiger partial charge is 0.493 e. The molecule has 3 N–H and O–H groups in total. The highest BCUT2D eigenvalue weighted by Gasteiger charge is 2.18. The Kier molecular flexibility index (Phi) is 6.26. The third-order valence-corrected chi connectivity index (χ3v) is 2.77. The fraction of sp³-hybridized carbons (Fsp3) is 0.600. The minimum Gasteiger partial charge on any atom is -0.493 e. The van der Waals surface area contributed by atoms with E-state index in [2.05, 4.69) is 5.32 Å². The van der Waals surface area contributed by atoms with Crippen LogP contribution in [0, 0.1) is 0 Å². The van der Waals surface area contributed by atoms with E-state index in [1.54, 1.807) is 14.0 Å². The van der Waals surface area contributed by atoms with Gasteiger partial charge in [0, 0.05) is 13.1 Å². The summed E-state index contributed by atoms with van der Waals surface area (Å²) in [5.41, 5.74) is -0.0863. The molecule has 1 atom stereocenters. The molecule has 5 nitrogen and oxygen atoms in total. The molecular formula is C15H25NO4. The molecule has 0 aliphatic heterocycles. The average Bonchev–Trinajstić information content (AvgIpc) is 2.39. The van der Waals surface area contributed by atoms with Gasteiger partial charge in [0.2, 0.25) is 0 Å². The van der Waals surface area contributed by atoms with E-state index < -0.39 is 5.60 Å². The first-order valence-electron chi connectivity index (χ1n) is 6.75. The number of nitrogens with one attached hydrogen (secondary N) is 1. The van der Waals surface area contributed by atoms with Gasteiger partial charge >= 0.3 is 0 Å². The number of hydrogen-bond acceptors (Lipinski definition) is 5. The van der Waals surface area contributed by atoms with Crippen molar-refractivity contribution in [1.29, 1.82) is 0 Å². The number of aliphatic hydroxyl groups is 2. The molecule has 20 heavy (non-hydrogen) atoms. The van der Waals surface area contributed by atoms with Crippen molar-refractivity contribution in [3.8, 4) is 11.5 Å². The van der Waals surface area contributed by atoms with Gasteiger partial charge in [-0.05, 0) is 38.5 Å². The zero-order valence-electron chi connectivity index (χ0n) is 12.6. The Morgan fingerprint density at radius 1 is 1.30 bits per heavy atom. The van der Waals surface area contributed by atoms with Crippen LogP contribution in [0.2, 0.25) is 0 Å². The smallest absolute Gasteiger partial charge is 0.161 e. The lowest BCUT2D eigenvalue weighted by molar-refractivity contribution is 0.00253. The number of aliphatic hydroxyl groups excluding tert-OH is 1. The van der Waals surface area contributed by atoms with Gasteiger partial charge in [0.05, 0.1) is 25.4 Å². The summed E-state index contributed by atoms with van der Waals surface area (Å²) in [5.74, 6) is 1.40. The van der Waals surface area contributed by atoms with Crippen molar-refractivity contribution in [1.82, 2.24) is 5.32 Å². The van der Waals surface area contributed by atoms with Crippen LogP contribution in [0.25, 0.3) is 0 Å². The summed E-state index contributed by atoms with van der Waals surface area (Å²) in [6.45, 7) is 6.13. The molecule has 114 valence electrons. The van der Waals surface area contributed by atoms with E-state index in [9.17, 15) is 5.11 Å². The highest BCUT2D eigenvalue weighted by Crippen LogP contribution is 2.28. The molecule has 0 aromatic heterocycles. The summed E-state index contributed by atoms with van der Waals surface area (Å²) in [5, 5.41) is 21.8. The van der Waals surface area contributed by atoms with E-state index in [0.29, 0.717) is 24.6 Å². The van der Waals surface area contributed by atoms with Gasteiger partial charge in [-0.1, -0.05) is 6.07 Å². The van der Waals surface area contributed by atoms with Gasteiger partial charge in [-0.15, -0.1) is 0 Å². The molecule has 5 heteroatoms. The van der Waals surface area contributed by atoms with E-state index in [1.165, 1.54) is 0 Å². The zero-order chi connectivity index (χ0) is 15.2. The van der Waals surface area contributed by atoms with Crippen molar-refractivity contribution < 1.29 is 19.7 Å². The summed E-state index contributed by atoms with van der Waals surface area (Å²) in [4.78, 5) is 0. The second-order valence-electron chi connectivity index (χ2n) is 5.41. The second-order valence-corrected chi connectivity index (χ2v) is 5.41. The molecule has 1 aromatic carbocycles.